The molecular weight excluding hydrogens is 278 g/mol. The molecule has 2 aromatic heterocycles. The van der Waals surface area contributed by atoms with Gasteiger partial charge in [0.25, 0.3) is 5.89 Å². The maximum absolute atomic E-state index is 5.94. The van der Waals surface area contributed by atoms with Crippen LogP contribution in [0.4, 0.5) is 5.00 Å². The number of nitrogens with two attached hydrogens (primary N) is 1. The second-order valence-electron chi connectivity index (χ2n) is 4.87. The van der Waals surface area contributed by atoms with Crippen LogP contribution in [0.1, 0.15) is 36.4 Å². The predicted octanol–water partition coefficient (Wildman–Crippen LogP) is 3.86. The number of hydrogen-bond acceptors (Lipinski definition) is 6. The van der Waals surface area contributed by atoms with Crippen LogP contribution < -0.4 is 5.73 Å². The second kappa shape index (κ2) is 5.54. The summed E-state index contributed by atoms with van der Waals surface area (Å²) in [5, 5.41) is 5.57. The van der Waals surface area contributed by atoms with E-state index in [2.05, 4.69) is 10.1 Å². The third-order valence-corrected chi connectivity index (χ3v) is 5.58. The van der Waals surface area contributed by atoms with E-state index < -0.39 is 0 Å². The molecule has 0 spiro atoms. The summed E-state index contributed by atoms with van der Waals surface area (Å²) >= 11 is 3.49. The minimum Gasteiger partial charge on any atom is -0.390 e. The van der Waals surface area contributed by atoms with Crippen molar-refractivity contribution in [2.75, 3.05) is 5.73 Å². The van der Waals surface area contributed by atoms with Gasteiger partial charge >= 0.3 is 0 Å². The quantitative estimate of drug-likeness (QED) is 0.927. The number of aromatic nitrogens is 2. The van der Waals surface area contributed by atoms with Crippen molar-refractivity contribution in [1.82, 2.24) is 10.1 Å². The Morgan fingerprint density at radius 3 is 2.95 bits per heavy atom. The molecule has 0 aliphatic heterocycles. The molecule has 0 saturated heterocycles. The van der Waals surface area contributed by atoms with E-state index in [0.717, 1.165) is 32.3 Å². The van der Waals surface area contributed by atoms with E-state index in [4.69, 9.17) is 10.3 Å². The summed E-state index contributed by atoms with van der Waals surface area (Å²) in [6.45, 7) is 2.03. The van der Waals surface area contributed by atoms with E-state index in [1.807, 2.05) is 24.8 Å². The molecule has 1 aliphatic carbocycles. The lowest BCUT2D eigenvalue weighted by Crippen LogP contribution is -1.95. The van der Waals surface area contributed by atoms with E-state index in [-0.39, 0.29) is 0 Å². The number of aryl methyl sites for hydroxylation is 1. The van der Waals surface area contributed by atoms with Crippen molar-refractivity contribution in [3.8, 4) is 11.5 Å². The molecule has 2 N–H and O–H groups in total. The Morgan fingerprint density at radius 2 is 2.26 bits per heavy atom. The Kier molecular flexibility index (Phi) is 3.79. The van der Waals surface area contributed by atoms with Crippen LogP contribution in [0, 0.1) is 6.92 Å². The van der Waals surface area contributed by atoms with Crippen molar-refractivity contribution in [2.24, 2.45) is 0 Å². The molecule has 0 bridgehead atoms. The third-order valence-electron chi connectivity index (χ3n) is 3.33. The number of thiophene rings is 1. The largest absolute Gasteiger partial charge is 0.390 e. The first-order chi connectivity index (χ1) is 9.22. The molecule has 1 saturated carbocycles. The van der Waals surface area contributed by atoms with Gasteiger partial charge in [-0.2, -0.15) is 16.7 Å². The topological polar surface area (TPSA) is 64.9 Å². The SMILES string of the molecule is Cc1cc(-c2nc(CSC3CCCC3)no2)c(N)s1. The summed E-state index contributed by atoms with van der Waals surface area (Å²) in [4.78, 5) is 5.60. The van der Waals surface area contributed by atoms with Gasteiger partial charge in [0, 0.05) is 10.1 Å². The Labute approximate surface area is 120 Å². The molecule has 0 unspecified atom stereocenters. The molecular formula is C13H17N3OS2. The van der Waals surface area contributed by atoms with Gasteiger partial charge in [-0.3, -0.25) is 0 Å². The monoisotopic (exact) mass is 295 g/mol. The van der Waals surface area contributed by atoms with E-state index in [1.165, 1.54) is 25.7 Å². The van der Waals surface area contributed by atoms with Crippen molar-refractivity contribution in [3.63, 3.8) is 0 Å². The molecule has 1 fully saturated rings. The zero-order chi connectivity index (χ0) is 13.2. The van der Waals surface area contributed by atoms with Crippen LogP contribution in [0.3, 0.4) is 0 Å². The van der Waals surface area contributed by atoms with Crippen LogP contribution in [0.25, 0.3) is 11.5 Å². The first-order valence-electron chi connectivity index (χ1n) is 6.53. The van der Waals surface area contributed by atoms with Crippen molar-refractivity contribution >= 4 is 28.1 Å². The number of rotatable bonds is 4. The maximum Gasteiger partial charge on any atom is 0.260 e. The molecule has 2 heterocycles. The molecule has 0 amide bonds. The number of nitrogen functional groups attached to an aromatic ring is 1. The second-order valence-corrected chi connectivity index (χ2v) is 7.44. The lowest BCUT2D eigenvalue weighted by atomic mass is 10.3. The standard InChI is InChI=1S/C13H17N3OS2/c1-8-6-10(12(14)19-8)13-15-11(16-17-13)7-18-9-4-2-3-5-9/h6,9H,2-5,7,14H2,1H3. The van der Waals surface area contributed by atoms with E-state index in [1.54, 1.807) is 11.3 Å². The van der Waals surface area contributed by atoms with Crippen LogP contribution in [0.15, 0.2) is 10.6 Å². The number of anilines is 1. The van der Waals surface area contributed by atoms with Gasteiger partial charge in [0.2, 0.25) is 0 Å². The zero-order valence-corrected chi connectivity index (χ0v) is 12.5. The van der Waals surface area contributed by atoms with Gasteiger partial charge < -0.3 is 10.3 Å². The molecule has 4 nitrogen and oxygen atoms in total. The Bertz CT molecular complexity index is 558. The first kappa shape index (κ1) is 13.0. The fourth-order valence-corrected chi connectivity index (χ4v) is 4.32. The van der Waals surface area contributed by atoms with Gasteiger partial charge in [-0.1, -0.05) is 18.0 Å². The smallest absolute Gasteiger partial charge is 0.260 e. The fourth-order valence-electron chi connectivity index (χ4n) is 2.37. The summed E-state index contributed by atoms with van der Waals surface area (Å²) < 4.78 is 5.31. The Hall–Kier alpha value is -1.01. The van der Waals surface area contributed by atoms with Gasteiger partial charge in [-0.15, -0.1) is 11.3 Å². The van der Waals surface area contributed by atoms with Crippen LogP contribution >= 0.6 is 23.1 Å². The normalized spacial score (nSPS) is 16.3. The van der Waals surface area contributed by atoms with E-state index in [0.29, 0.717) is 5.89 Å². The molecule has 3 rings (SSSR count). The van der Waals surface area contributed by atoms with Gasteiger partial charge in [-0.25, -0.2) is 0 Å². The van der Waals surface area contributed by atoms with Crippen LogP contribution in [0.2, 0.25) is 0 Å². The zero-order valence-electron chi connectivity index (χ0n) is 10.9. The molecule has 102 valence electrons. The highest BCUT2D eigenvalue weighted by Gasteiger charge is 2.18. The van der Waals surface area contributed by atoms with Gasteiger partial charge in [0.15, 0.2) is 5.82 Å². The van der Waals surface area contributed by atoms with Crippen LogP contribution in [-0.2, 0) is 5.75 Å². The number of hydrogen-bond donors (Lipinski definition) is 1. The van der Waals surface area contributed by atoms with Crippen LogP contribution in [0.5, 0.6) is 0 Å². The average Bonchev–Trinajstić information content (AvgIpc) is 3.08. The van der Waals surface area contributed by atoms with E-state index in [9.17, 15) is 0 Å². The van der Waals surface area contributed by atoms with Crippen molar-refractivity contribution < 1.29 is 4.52 Å². The maximum atomic E-state index is 5.94. The fraction of sp³-hybridized carbons (Fsp3) is 0.538. The number of thioether (sulfide) groups is 1. The summed E-state index contributed by atoms with van der Waals surface area (Å²) in [5.41, 5.74) is 6.81. The lowest BCUT2D eigenvalue weighted by molar-refractivity contribution is 0.425. The highest BCUT2D eigenvalue weighted by atomic mass is 32.2. The summed E-state index contributed by atoms with van der Waals surface area (Å²) in [7, 11) is 0. The molecule has 1 aliphatic rings. The number of nitrogens with zero attached hydrogens (tertiary/aromatic N) is 2. The van der Waals surface area contributed by atoms with Gasteiger partial charge in [-0.05, 0) is 25.8 Å². The molecule has 0 radical (unpaired) electrons. The van der Waals surface area contributed by atoms with Crippen molar-refractivity contribution in [1.29, 1.82) is 0 Å². The predicted molar refractivity (Wildman–Crippen MR) is 80.3 cm³/mol. The first-order valence-corrected chi connectivity index (χ1v) is 8.39. The molecule has 0 aromatic carbocycles. The Balaban J connectivity index is 1.67. The summed E-state index contributed by atoms with van der Waals surface area (Å²) in [6, 6.07) is 2.00. The summed E-state index contributed by atoms with van der Waals surface area (Å²) in [5.74, 6) is 2.15. The third kappa shape index (κ3) is 2.95. The van der Waals surface area contributed by atoms with Gasteiger partial charge in [0.1, 0.15) is 0 Å². The highest BCUT2D eigenvalue weighted by Crippen LogP contribution is 2.34. The van der Waals surface area contributed by atoms with Crippen LogP contribution in [-0.4, -0.2) is 15.4 Å². The molecule has 2 aromatic rings. The lowest BCUT2D eigenvalue weighted by Gasteiger charge is -2.04. The Morgan fingerprint density at radius 1 is 1.47 bits per heavy atom. The van der Waals surface area contributed by atoms with Crippen molar-refractivity contribution in [3.05, 3.63) is 16.8 Å². The molecule has 6 heteroatoms. The molecule has 19 heavy (non-hydrogen) atoms. The minimum atomic E-state index is 0.545. The average molecular weight is 295 g/mol. The van der Waals surface area contributed by atoms with E-state index >= 15 is 0 Å². The van der Waals surface area contributed by atoms with Gasteiger partial charge in [0.05, 0.1) is 16.3 Å². The van der Waals surface area contributed by atoms with Crippen molar-refractivity contribution in [2.45, 2.75) is 43.6 Å². The highest BCUT2D eigenvalue weighted by molar-refractivity contribution is 7.99. The minimum absolute atomic E-state index is 0.545. The summed E-state index contributed by atoms with van der Waals surface area (Å²) in [6.07, 6.45) is 5.37. The molecule has 0 atom stereocenters.